The van der Waals surface area contributed by atoms with Gasteiger partial charge in [0.25, 0.3) is 0 Å². The topological polar surface area (TPSA) is 49.4 Å². The second kappa shape index (κ2) is 7.19. The molecule has 2 rings (SSSR count). The molecule has 1 aromatic rings. The zero-order valence-electron chi connectivity index (χ0n) is 12.2. The first kappa shape index (κ1) is 16.9. The van der Waals surface area contributed by atoms with E-state index in [1.807, 2.05) is 0 Å². The molecule has 120 valence electrons. The minimum atomic E-state index is -3.04. The van der Waals surface area contributed by atoms with Crippen LogP contribution in [0.3, 0.4) is 0 Å². The minimum Gasteiger partial charge on any atom is -0.359 e. The van der Waals surface area contributed by atoms with Gasteiger partial charge in [0.15, 0.2) is 14.9 Å². The fourth-order valence-corrected chi connectivity index (χ4v) is 4.49. The summed E-state index contributed by atoms with van der Waals surface area (Å²) in [4.78, 5) is 1.77. The number of hydrogen-bond acceptors (Lipinski definition) is 3. The molecule has 22 heavy (non-hydrogen) atoms. The van der Waals surface area contributed by atoms with Gasteiger partial charge in [-0.3, -0.25) is 0 Å². The third-order valence-corrected chi connectivity index (χ3v) is 5.74. The molecule has 1 heterocycles. The van der Waals surface area contributed by atoms with Crippen LogP contribution in [0, 0.1) is 5.82 Å². The Balaban J connectivity index is 2.20. The lowest BCUT2D eigenvalue weighted by atomic mass is 10.1. The van der Waals surface area contributed by atoms with Gasteiger partial charge in [-0.1, -0.05) is 24.3 Å². The Morgan fingerprint density at radius 3 is 2.82 bits per heavy atom. The van der Waals surface area contributed by atoms with E-state index in [1.165, 1.54) is 6.07 Å². The van der Waals surface area contributed by atoms with Crippen LogP contribution in [0.15, 0.2) is 36.9 Å². The van der Waals surface area contributed by atoms with E-state index in [9.17, 15) is 12.8 Å². The molecule has 7 heteroatoms. The summed E-state index contributed by atoms with van der Waals surface area (Å²) in [5.41, 5.74) is 0.495. The molecule has 1 atom stereocenters. The fraction of sp³-hybridized carbons (Fsp3) is 0.400. The average Bonchev–Trinajstić information content (AvgIpc) is 2.83. The summed E-state index contributed by atoms with van der Waals surface area (Å²) in [5.74, 6) is -0.118. The molecular formula is C15H19FN2O2S2. The highest BCUT2D eigenvalue weighted by Gasteiger charge is 2.33. The lowest BCUT2D eigenvalue weighted by Gasteiger charge is -2.31. The smallest absolute Gasteiger partial charge is 0.169 e. The number of rotatable bonds is 5. The Morgan fingerprint density at radius 1 is 1.50 bits per heavy atom. The lowest BCUT2D eigenvalue weighted by Crippen LogP contribution is -2.46. The SMILES string of the molecule is C=CCNC(=S)N(Cc1ccccc1F)[C@H]1CCS(=O)(=O)C1. The van der Waals surface area contributed by atoms with Crippen molar-refractivity contribution in [1.29, 1.82) is 0 Å². The largest absolute Gasteiger partial charge is 0.359 e. The van der Waals surface area contributed by atoms with E-state index < -0.39 is 9.84 Å². The first-order chi connectivity index (χ1) is 10.4. The molecule has 0 amide bonds. The van der Waals surface area contributed by atoms with Crippen LogP contribution in [-0.4, -0.2) is 42.5 Å². The summed E-state index contributed by atoms with van der Waals surface area (Å²) in [6, 6.07) is 6.22. The van der Waals surface area contributed by atoms with Gasteiger partial charge in [-0.05, 0) is 24.7 Å². The van der Waals surface area contributed by atoms with Gasteiger partial charge in [-0.2, -0.15) is 0 Å². The van der Waals surface area contributed by atoms with E-state index in [0.29, 0.717) is 23.6 Å². The molecule has 0 bridgehead atoms. The lowest BCUT2D eigenvalue weighted by molar-refractivity contribution is 0.319. The molecule has 0 spiro atoms. The van der Waals surface area contributed by atoms with E-state index in [4.69, 9.17) is 12.2 Å². The molecule has 1 saturated heterocycles. The van der Waals surface area contributed by atoms with Gasteiger partial charge in [0.1, 0.15) is 5.82 Å². The van der Waals surface area contributed by atoms with Crippen LogP contribution in [0.5, 0.6) is 0 Å². The highest BCUT2D eigenvalue weighted by atomic mass is 32.2. The van der Waals surface area contributed by atoms with Crippen LogP contribution >= 0.6 is 12.2 Å². The number of benzene rings is 1. The van der Waals surface area contributed by atoms with Crippen LogP contribution in [0.1, 0.15) is 12.0 Å². The number of thiocarbonyl (C=S) groups is 1. The van der Waals surface area contributed by atoms with Crippen molar-refractivity contribution >= 4 is 27.2 Å². The molecule has 1 N–H and O–H groups in total. The van der Waals surface area contributed by atoms with Gasteiger partial charge in [0.05, 0.1) is 11.5 Å². The summed E-state index contributed by atoms with van der Waals surface area (Å²) in [7, 11) is -3.04. The van der Waals surface area contributed by atoms with Gasteiger partial charge in [0.2, 0.25) is 0 Å². The van der Waals surface area contributed by atoms with Crippen molar-refractivity contribution in [1.82, 2.24) is 10.2 Å². The predicted molar refractivity (Wildman–Crippen MR) is 89.8 cm³/mol. The van der Waals surface area contributed by atoms with Crippen LogP contribution < -0.4 is 5.32 Å². The summed E-state index contributed by atoms with van der Waals surface area (Å²) in [6.45, 7) is 4.34. The first-order valence-corrected chi connectivity index (χ1v) is 9.25. The summed E-state index contributed by atoms with van der Waals surface area (Å²) >= 11 is 5.34. The van der Waals surface area contributed by atoms with E-state index in [-0.39, 0.29) is 29.9 Å². The minimum absolute atomic E-state index is 0.0529. The van der Waals surface area contributed by atoms with E-state index in [2.05, 4.69) is 11.9 Å². The van der Waals surface area contributed by atoms with Gasteiger partial charge >= 0.3 is 0 Å². The Kier molecular flexibility index (Phi) is 5.52. The molecule has 1 aromatic carbocycles. The maximum atomic E-state index is 13.9. The van der Waals surface area contributed by atoms with E-state index in [1.54, 1.807) is 29.2 Å². The second-order valence-electron chi connectivity index (χ2n) is 5.25. The van der Waals surface area contributed by atoms with Crippen molar-refractivity contribution in [3.8, 4) is 0 Å². The van der Waals surface area contributed by atoms with Gasteiger partial charge in [0, 0.05) is 24.7 Å². The fourth-order valence-electron chi connectivity index (χ4n) is 2.46. The quantitative estimate of drug-likeness (QED) is 0.654. The molecule has 0 saturated carbocycles. The Labute approximate surface area is 135 Å². The normalized spacial score (nSPS) is 19.6. The highest BCUT2D eigenvalue weighted by molar-refractivity contribution is 7.91. The third-order valence-electron chi connectivity index (χ3n) is 3.61. The van der Waals surface area contributed by atoms with Gasteiger partial charge in [-0.25, -0.2) is 12.8 Å². The zero-order chi connectivity index (χ0) is 16.2. The van der Waals surface area contributed by atoms with Crippen molar-refractivity contribution in [2.45, 2.75) is 19.0 Å². The van der Waals surface area contributed by atoms with Crippen molar-refractivity contribution in [2.75, 3.05) is 18.1 Å². The Morgan fingerprint density at radius 2 is 2.23 bits per heavy atom. The standard InChI is InChI=1S/C15H19FN2O2S2/c1-2-8-17-15(21)18(13-7-9-22(19,20)11-13)10-12-5-3-4-6-14(12)16/h2-6,13H,1,7-11H2,(H,17,21)/t13-/m0/s1. The molecule has 0 radical (unpaired) electrons. The molecule has 1 aliphatic heterocycles. The number of nitrogens with one attached hydrogen (secondary N) is 1. The van der Waals surface area contributed by atoms with Crippen LogP contribution in [-0.2, 0) is 16.4 Å². The number of halogens is 1. The molecule has 0 aromatic heterocycles. The van der Waals surface area contributed by atoms with Crippen LogP contribution in [0.4, 0.5) is 4.39 Å². The van der Waals surface area contributed by atoms with Crippen molar-refractivity contribution in [2.24, 2.45) is 0 Å². The van der Waals surface area contributed by atoms with E-state index >= 15 is 0 Å². The third kappa shape index (κ3) is 4.27. The molecule has 0 aliphatic carbocycles. The predicted octanol–water partition coefficient (Wildman–Crippen LogP) is 1.88. The average molecular weight is 342 g/mol. The Hall–Kier alpha value is -1.47. The number of nitrogens with zero attached hydrogens (tertiary/aromatic N) is 1. The highest BCUT2D eigenvalue weighted by Crippen LogP contribution is 2.21. The van der Waals surface area contributed by atoms with Crippen LogP contribution in [0.2, 0.25) is 0 Å². The molecular weight excluding hydrogens is 323 g/mol. The molecule has 1 aliphatic rings. The molecule has 0 unspecified atom stereocenters. The summed E-state index contributed by atoms with van der Waals surface area (Å²) < 4.78 is 37.3. The van der Waals surface area contributed by atoms with Crippen LogP contribution in [0.25, 0.3) is 0 Å². The van der Waals surface area contributed by atoms with Crippen molar-refractivity contribution in [3.63, 3.8) is 0 Å². The monoisotopic (exact) mass is 342 g/mol. The first-order valence-electron chi connectivity index (χ1n) is 7.02. The van der Waals surface area contributed by atoms with Gasteiger partial charge in [-0.15, -0.1) is 6.58 Å². The Bertz CT molecular complexity index is 661. The summed E-state index contributed by atoms with van der Waals surface area (Å²) in [6.07, 6.45) is 2.17. The van der Waals surface area contributed by atoms with E-state index in [0.717, 1.165) is 0 Å². The number of sulfone groups is 1. The van der Waals surface area contributed by atoms with Gasteiger partial charge < -0.3 is 10.2 Å². The number of hydrogen-bond donors (Lipinski definition) is 1. The zero-order valence-corrected chi connectivity index (χ0v) is 13.8. The van der Waals surface area contributed by atoms with Crippen molar-refractivity contribution < 1.29 is 12.8 Å². The maximum Gasteiger partial charge on any atom is 0.169 e. The second-order valence-corrected chi connectivity index (χ2v) is 7.87. The molecule has 4 nitrogen and oxygen atoms in total. The maximum absolute atomic E-state index is 13.9. The molecule has 1 fully saturated rings. The summed E-state index contributed by atoms with van der Waals surface area (Å²) in [5, 5.41) is 3.42. The van der Waals surface area contributed by atoms with Crippen molar-refractivity contribution in [3.05, 3.63) is 48.3 Å².